The van der Waals surface area contributed by atoms with E-state index in [0.29, 0.717) is 13.2 Å². The minimum absolute atomic E-state index is 0.259. The van der Waals surface area contributed by atoms with Crippen LogP contribution in [-0.4, -0.2) is 24.2 Å². The quantitative estimate of drug-likeness (QED) is 0.420. The molecule has 0 spiro atoms. The van der Waals surface area contributed by atoms with E-state index >= 15 is 0 Å². The number of carbonyl (C=O) groups is 1. The van der Waals surface area contributed by atoms with Crippen molar-refractivity contribution in [2.45, 2.75) is 6.92 Å². The first-order valence-electron chi connectivity index (χ1n) is 9.38. The second-order valence-corrected chi connectivity index (χ2v) is 7.64. The molecule has 1 aromatic heterocycles. The lowest BCUT2D eigenvalue weighted by Crippen LogP contribution is -2.32. The molecule has 5 nitrogen and oxygen atoms in total. The van der Waals surface area contributed by atoms with Gasteiger partial charge in [0, 0.05) is 11.3 Å². The Labute approximate surface area is 173 Å². The first-order valence-corrected chi connectivity index (χ1v) is 10.2. The summed E-state index contributed by atoms with van der Waals surface area (Å²) in [5, 5.41) is 6.59. The van der Waals surface area contributed by atoms with Gasteiger partial charge >= 0.3 is 6.03 Å². The summed E-state index contributed by atoms with van der Waals surface area (Å²) in [5.41, 5.74) is 4.00. The van der Waals surface area contributed by atoms with Gasteiger partial charge in [-0.25, -0.2) is 9.78 Å². The highest BCUT2D eigenvalue weighted by atomic mass is 32.1. The van der Waals surface area contributed by atoms with Gasteiger partial charge in [-0.2, -0.15) is 0 Å². The lowest BCUT2D eigenvalue weighted by atomic mass is 10.2. The van der Waals surface area contributed by atoms with Gasteiger partial charge in [0.25, 0.3) is 0 Å². The van der Waals surface area contributed by atoms with Crippen LogP contribution in [0, 0.1) is 6.92 Å². The number of thiazole rings is 1. The van der Waals surface area contributed by atoms with Gasteiger partial charge in [-0.1, -0.05) is 24.3 Å². The molecule has 4 aromatic rings. The number of nitrogens with zero attached hydrogens (tertiary/aromatic N) is 1. The molecule has 0 unspecified atom stereocenters. The zero-order chi connectivity index (χ0) is 20.1. The van der Waals surface area contributed by atoms with E-state index in [1.165, 1.54) is 10.3 Å². The van der Waals surface area contributed by atoms with Crippen LogP contribution in [0.5, 0.6) is 5.75 Å². The van der Waals surface area contributed by atoms with Crippen LogP contribution in [0.1, 0.15) is 5.56 Å². The summed E-state index contributed by atoms with van der Waals surface area (Å²) in [6, 6.07) is 23.2. The molecule has 0 aliphatic heterocycles. The van der Waals surface area contributed by atoms with Gasteiger partial charge in [-0.05, 0) is 61.0 Å². The van der Waals surface area contributed by atoms with Gasteiger partial charge in [0.05, 0.1) is 16.8 Å². The van der Waals surface area contributed by atoms with Gasteiger partial charge in [0.15, 0.2) is 0 Å². The smallest absolute Gasteiger partial charge is 0.319 e. The molecule has 0 bridgehead atoms. The number of hydrogen-bond acceptors (Lipinski definition) is 4. The number of carbonyl (C=O) groups excluding carboxylic acids is 1. The summed E-state index contributed by atoms with van der Waals surface area (Å²) in [6.45, 7) is 2.91. The number of rotatable bonds is 6. The van der Waals surface area contributed by atoms with Crippen molar-refractivity contribution in [1.82, 2.24) is 10.3 Å². The van der Waals surface area contributed by atoms with E-state index in [4.69, 9.17) is 9.72 Å². The molecule has 0 aliphatic rings. The van der Waals surface area contributed by atoms with E-state index in [-0.39, 0.29) is 6.03 Å². The SMILES string of the molecule is Cc1ccc2nc(-c3ccc(NC(=O)NCCOc4ccccc4)cc3)sc2c1. The van der Waals surface area contributed by atoms with E-state index in [9.17, 15) is 4.79 Å². The highest BCUT2D eigenvalue weighted by molar-refractivity contribution is 7.21. The summed E-state index contributed by atoms with van der Waals surface area (Å²) in [5.74, 6) is 0.787. The molecular weight excluding hydrogens is 382 g/mol. The largest absolute Gasteiger partial charge is 0.492 e. The van der Waals surface area contributed by atoms with E-state index in [1.807, 2.05) is 60.7 Å². The fourth-order valence-electron chi connectivity index (χ4n) is 2.88. The van der Waals surface area contributed by atoms with Crippen LogP contribution in [-0.2, 0) is 0 Å². The molecule has 0 saturated carbocycles. The lowest BCUT2D eigenvalue weighted by molar-refractivity contribution is 0.247. The number of benzene rings is 3. The fraction of sp³-hybridized carbons (Fsp3) is 0.130. The monoisotopic (exact) mass is 403 g/mol. The van der Waals surface area contributed by atoms with Crippen molar-refractivity contribution in [3.8, 4) is 16.3 Å². The van der Waals surface area contributed by atoms with Crippen molar-refractivity contribution in [1.29, 1.82) is 0 Å². The number of fused-ring (bicyclic) bond motifs is 1. The van der Waals surface area contributed by atoms with E-state index in [0.717, 1.165) is 27.5 Å². The third kappa shape index (κ3) is 4.92. The minimum atomic E-state index is -0.259. The standard InChI is InChI=1S/C23H21N3O2S/c1-16-7-12-20-21(15-16)29-22(26-20)17-8-10-18(11-9-17)25-23(27)24-13-14-28-19-5-3-2-4-6-19/h2-12,15H,13-14H2,1H3,(H2,24,25,27). The molecule has 1 heterocycles. The number of aromatic nitrogens is 1. The third-order valence-electron chi connectivity index (χ3n) is 4.33. The van der Waals surface area contributed by atoms with Crippen molar-refractivity contribution in [3.63, 3.8) is 0 Å². The van der Waals surface area contributed by atoms with Crippen LogP contribution in [0.2, 0.25) is 0 Å². The third-order valence-corrected chi connectivity index (χ3v) is 5.40. The molecule has 2 amide bonds. The maximum atomic E-state index is 12.0. The average molecular weight is 404 g/mol. The number of urea groups is 1. The Bertz CT molecular complexity index is 1110. The maximum absolute atomic E-state index is 12.0. The van der Waals surface area contributed by atoms with E-state index in [2.05, 4.69) is 29.7 Å². The molecule has 2 N–H and O–H groups in total. The number of ether oxygens (including phenoxy) is 1. The Morgan fingerprint density at radius 1 is 1.03 bits per heavy atom. The summed E-state index contributed by atoms with van der Waals surface area (Å²) in [4.78, 5) is 16.7. The highest BCUT2D eigenvalue weighted by Gasteiger charge is 2.07. The zero-order valence-corrected chi connectivity index (χ0v) is 16.8. The topological polar surface area (TPSA) is 63.2 Å². The van der Waals surface area contributed by atoms with Gasteiger partial charge in [0.1, 0.15) is 17.4 Å². The van der Waals surface area contributed by atoms with Crippen molar-refractivity contribution in [2.24, 2.45) is 0 Å². The summed E-state index contributed by atoms with van der Waals surface area (Å²) in [6.07, 6.45) is 0. The fourth-order valence-corrected chi connectivity index (χ4v) is 3.95. The van der Waals surface area contributed by atoms with Crippen LogP contribution in [0.25, 0.3) is 20.8 Å². The molecule has 0 saturated heterocycles. The molecule has 0 fully saturated rings. The molecule has 0 aliphatic carbocycles. The first kappa shape index (κ1) is 19.0. The Kier molecular flexibility index (Phi) is 5.72. The molecule has 0 radical (unpaired) electrons. The first-order chi connectivity index (χ1) is 14.2. The Hall–Kier alpha value is -3.38. The van der Waals surface area contributed by atoms with Gasteiger partial charge in [-0.3, -0.25) is 0 Å². The number of hydrogen-bond donors (Lipinski definition) is 2. The Balaban J connectivity index is 1.30. The lowest BCUT2D eigenvalue weighted by Gasteiger charge is -2.09. The van der Waals surface area contributed by atoms with Crippen molar-refractivity contribution < 1.29 is 9.53 Å². The van der Waals surface area contributed by atoms with E-state index in [1.54, 1.807) is 11.3 Å². The second kappa shape index (κ2) is 8.75. The molecule has 6 heteroatoms. The van der Waals surface area contributed by atoms with Crippen LogP contribution < -0.4 is 15.4 Å². The van der Waals surface area contributed by atoms with E-state index < -0.39 is 0 Å². The summed E-state index contributed by atoms with van der Waals surface area (Å²) in [7, 11) is 0. The highest BCUT2D eigenvalue weighted by Crippen LogP contribution is 2.31. The van der Waals surface area contributed by atoms with Crippen molar-refractivity contribution in [3.05, 3.63) is 78.4 Å². The Morgan fingerprint density at radius 2 is 1.83 bits per heavy atom. The van der Waals surface area contributed by atoms with Crippen molar-refractivity contribution >= 4 is 33.3 Å². The summed E-state index contributed by atoms with van der Waals surface area (Å²) < 4.78 is 6.74. The molecule has 0 atom stereocenters. The molecule has 4 rings (SSSR count). The van der Waals surface area contributed by atoms with Crippen LogP contribution in [0.4, 0.5) is 10.5 Å². The maximum Gasteiger partial charge on any atom is 0.319 e. The number of amides is 2. The molecular formula is C23H21N3O2S. The van der Waals surface area contributed by atoms with Crippen LogP contribution >= 0.6 is 11.3 Å². The Morgan fingerprint density at radius 3 is 2.62 bits per heavy atom. The van der Waals surface area contributed by atoms with Gasteiger partial charge in [-0.15, -0.1) is 11.3 Å². The van der Waals surface area contributed by atoms with Crippen molar-refractivity contribution in [2.75, 3.05) is 18.5 Å². The normalized spacial score (nSPS) is 10.7. The number of aryl methyl sites for hydroxylation is 1. The van der Waals surface area contributed by atoms with Crippen LogP contribution in [0.3, 0.4) is 0 Å². The van der Waals surface area contributed by atoms with Gasteiger partial charge < -0.3 is 15.4 Å². The zero-order valence-electron chi connectivity index (χ0n) is 16.0. The predicted octanol–water partition coefficient (Wildman–Crippen LogP) is 5.47. The number of anilines is 1. The molecule has 3 aromatic carbocycles. The average Bonchev–Trinajstić information content (AvgIpc) is 3.16. The summed E-state index contributed by atoms with van der Waals surface area (Å²) >= 11 is 1.67. The minimum Gasteiger partial charge on any atom is -0.492 e. The molecule has 29 heavy (non-hydrogen) atoms. The van der Waals surface area contributed by atoms with Crippen LogP contribution in [0.15, 0.2) is 72.8 Å². The second-order valence-electron chi connectivity index (χ2n) is 6.61. The predicted molar refractivity (Wildman–Crippen MR) is 119 cm³/mol. The molecule has 146 valence electrons. The number of nitrogens with one attached hydrogen (secondary N) is 2. The van der Waals surface area contributed by atoms with Gasteiger partial charge in [0.2, 0.25) is 0 Å². The number of para-hydroxylation sites is 1.